The second-order valence-corrected chi connectivity index (χ2v) is 5.66. The summed E-state index contributed by atoms with van der Waals surface area (Å²) in [5.74, 6) is 0. The maximum atomic E-state index is 12.4. The molecule has 0 aliphatic rings. The molecule has 3 rings (SSSR count). The van der Waals surface area contributed by atoms with Crippen LogP contribution in [0, 0.1) is 6.92 Å². The zero-order valence-corrected chi connectivity index (χ0v) is 14.2. The number of amides is 2. The molecule has 0 unspecified atom stereocenters. The number of anilines is 1. The van der Waals surface area contributed by atoms with Crippen LogP contribution in [0.4, 0.5) is 10.8 Å². The first-order valence-corrected chi connectivity index (χ1v) is 7.99. The number of benzene rings is 2. The number of nitrogens with zero attached hydrogens (tertiary/aromatic N) is 1. The van der Waals surface area contributed by atoms with Crippen molar-refractivity contribution in [1.82, 2.24) is 10.3 Å². The highest BCUT2D eigenvalue weighted by Crippen LogP contribution is 2.19. The SMILES string of the molecule is Cc1c(CNC(N)=O)ccc2nc(NC=Cc3ccccc3)oc(=O)c12. The van der Waals surface area contributed by atoms with Gasteiger partial charge in [0.05, 0.1) is 10.9 Å². The zero-order chi connectivity index (χ0) is 18.5. The van der Waals surface area contributed by atoms with Crippen LogP contribution in [-0.2, 0) is 6.54 Å². The minimum absolute atomic E-state index is 0.108. The lowest BCUT2D eigenvalue weighted by molar-refractivity contribution is 0.248. The standard InChI is InChI=1S/C19H18N4O3/c1-12-14(11-22-18(20)25)7-8-15-16(12)17(24)26-19(23-15)21-10-9-13-5-3-2-4-6-13/h2-10H,11H2,1H3,(H,21,23)(H3,20,22,25). The number of hydrogen-bond donors (Lipinski definition) is 3. The van der Waals surface area contributed by atoms with Crippen molar-refractivity contribution in [2.24, 2.45) is 5.73 Å². The van der Waals surface area contributed by atoms with E-state index in [-0.39, 0.29) is 12.6 Å². The van der Waals surface area contributed by atoms with Gasteiger partial charge in [0, 0.05) is 12.7 Å². The Morgan fingerprint density at radius 3 is 2.73 bits per heavy atom. The van der Waals surface area contributed by atoms with Crippen LogP contribution < -0.4 is 22.0 Å². The molecular formula is C19H18N4O3. The average molecular weight is 350 g/mol. The van der Waals surface area contributed by atoms with Crippen molar-refractivity contribution in [3.63, 3.8) is 0 Å². The Kier molecular flexibility index (Phi) is 4.98. The van der Waals surface area contributed by atoms with E-state index >= 15 is 0 Å². The van der Waals surface area contributed by atoms with Crippen LogP contribution in [0.25, 0.3) is 17.0 Å². The predicted molar refractivity (Wildman–Crippen MR) is 101 cm³/mol. The van der Waals surface area contributed by atoms with E-state index in [1.54, 1.807) is 25.3 Å². The number of aromatic nitrogens is 1. The van der Waals surface area contributed by atoms with Gasteiger partial charge in [-0.3, -0.25) is 0 Å². The molecule has 0 saturated carbocycles. The van der Waals surface area contributed by atoms with Gasteiger partial charge in [0.1, 0.15) is 0 Å². The first kappa shape index (κ1) is 17.2. The first-order chi connectivity index (χ1) is 12.5. The molecular weight excluding hydrogens is 332 g/mol. The molecule has 132 valence electrons. The summed E-state index contributed by atoms with van der Waals surface area (Å²) >= 11 is 0. The van der Waals surface area contributed by atoms with Crippen LogP contribution in [0.3, 0.4) is 0 Å². The van der Waals surface area contributed by atoms with Gasteiger partial charge < -0.3 is 20.8 Å². The summed E-state index contributed by atoms with van der Waals surface area (Å²) in [6, 6.07) is 12.7. The number of carbonyl (C=O) groups excluding carboxylic acids is 1. The third-order valence-electron chi connectivity index (χ3n) is 3.91. The monoisotopic (exact) mass is 350 g/mol. The Morgan fingerprint density at radius 2 is 2.00 bits per heavy atom. The van der Waals surface area contributed by atoms with E-state index in [1.165, 1.54) is 0 Å². The molecule has 0 atom stereocenters. The molecule has 0 spiro atoms. The number of fused-ring (bicyclic) bond motifs is 1. The van der Waals surface area contributed by atoms with Crippen LogP contribution in [0.15, 0.2) is 57.9 Å². The maximum absolute atomic E-state index is 12.4. The number of hydrogen-bond acceptors (Lipinski definition) is 5. The number of primary amides is 1. The number of nitrogens with one attached hydrogen (secondary N) is 2. The zero-order valence-electron chi connectivity index (χ0n) is 14.2. The molecule has 26 heavy (non-hydrogen) atoms. The second kappa shape index (κ2) is 7.52. The van der Waals surface area contributed by atoms with Crippen molar-refractivity contribution < 1.29 is 9.21 Å². The Balaban J connectivity index is 1.86. The molecule has 1 heterocycles. The van der Waals surface area contributed by atoms with Gasteiger partial charge in [-0.1, -0.05) is 36.4 Å². The van der Waals surface area contributed by atoms with Crippen molar-refractivity contribution in [3.8, 4) is 0 Å². The van der Waals surface area contributed by atoms with E-state index in [4.69, 9.17) is 10.2 Å². The van der Waals surface area contributed by atoms with E-state index in [9.17, 15) is 9.59 Å². The smallest absolute Gasteiger partial charge is 0.348 e. The predicted octanol–water partition coefficient (Wildman–Crippen LogP) is 2.75. The molecule has 4 N–H and O–H groups in total. The van der Waals surface area contributed by atoms with Gasteiger partial charge in [-0.2, -0.15) is 4.98 Å². The van der Waals surface area contributed by atoms with E-state index in [0.717, 1.165) is 11.1 Å². The normalized spacial score (nSPS) is 11.0. The average Bonchev–Trinajstić information content (AvgIpc) is 2.61. The second-order valence-electron chi connectivity index (χ2n) is 5.66. The Morgan fingerprint density at radius 1 is 1.23 bits per heavy atom. The van der Waals surface area contributed by atoms with Crippen molar-refractivity contribution in [2.75, 3.05) is 5.32 Å². The van der Waals surface area contributed by atoms with Gasteiger partial charge in [0.2, 0.25) is 0 Å². The third kappa shape index (κ3) is 3.89. The summed E-state index contributed by atoms with van der Waals surface area (Å²) in [6.07, 6.45) is 3.50. The van der Waals surface area contributed by atoms with Crippen molar-refractivity contribution in [3.05, 3.63) is 75.8 Å². The first-order valence-electron chi connectivity index (χ1n) is 7.99. The summed E-state index contributed by atoms with van der Waals surface area (Å²) in [6.45, 7) is 2.01. The lowest BCUT2D eigenvalue weighted by Crippen LogP contribution is -2.29. The molecule has 7 nitrogen and oxygen atoms in total. The highest BCUT2D eigenvalue weighted by molar-refractivity contribution is 5.83. The highest BCUT2D eigenvalue weighted by atomic mass is 16.4. The van der Waals surface area contributed by atoms with E-state index in [0.29, 0.717) is 16.5 Å². The maximum Gasteiger partial charge on any atom is 0.348 e. The van der Waals surface area contributed by atoms with E-state index in [2.05, 4.69) is 15.6 Å². The van der Waals surface area contributed by atoms with Crippen LogP contribution >= 0.6 is 0 Å². The molecule has 3 aromatic rings. The summed E-state index contributed by atoms with van der Waals surface area (Å²) in [4.78, 5) is 27.6. The Labute approximate surface area is 149 Å². The number of urea groups is 1. The molecule has 7 heteroatoms. The fourth-order valence-corrected chi connectivity index (χ4v) is 2.57. The van der Waals surface area contributed by atoms with Crippen LogP contribution in [0.5, 0.6) is 0 Å². The summed E-state index contributed by atoms with van der Waals surface area (Å²) < 4.78 is 5.25. The van der Waals surface area contributed by atoms with Gasteiger partial charge in [0.25, 0.3) is 0 Å². The molecule has 0 aliphatic carbocycles. The van der Waals surface area contributed by atoms with Gasteiger partial charge in [-0.05, 0) is 35.8 Å². The molecule has 0 bridgehead atoms. The molecule has 1 aromatic heterocycles. The summed E-state index contributed by atoms with van der Waals surface area (Å²) in [5, 5.41) is 5.76. The van der Waals surface area contributed by atoms with Gasteiger partial charge >= 0.3 is 17.7 Å². The molecule has 2 amide bonds. The highest BCUT2D eigenvalue weighted by Gasteiger charge is 2.11. The van der Waals surface area contributed by atoms with Crippen molar-refractivity contribution in [2.45, 2.75) is 13.5 Å². The fourth-order valence-electron chi connectivity index (χ4n) is 2.57. The quantitative estimate of drug-likeness (QED) is 0.655. The van der Waals surface area contributed by atoms with Crippen LogP contribution in [-0.4, -0.2) is 11.0 Å². The van der Waals surface area contributed by atoms with E-state index in [1.807, 2.05) is 36.4 Å². The van der Waals surface area contributed by atoms with Gasteiger partial charge in [0.15, 0.2) is 0 Å². The minimum atomic E-state index is -0.626. The number of nitrogens with two attached hydrogens (primary N) is 1. The van der Waals surface area contributed by atoms with E-state index < -0.39 is 11.7 Å². The van der Waals surface area contributed by atoms with Crippen molar-refractivity contribution >= 4 is 29.0 Å². The number of rotatable bonds is 5. The summed E-state index contributed by atoms with van der Waals surface area (Å²) in [5.41, 5.74) is 7.58. The topological polar surface area (TPSA) is 110 Å². The Bertz CT molecular complexity index is 1030. The summed E-state index contributed by atoms with van der Waals surface area (Å²) in [7, 11) is 0. The van der Waals surface area contributed by atoms with Crippen LogP contribution in [0.2, 0.25) is 0 Å². The number of carbonyl (C=O) groups is 1. The van der Waals surface area contributed by atoms with Gasteiger partial charge in [-0.15, -0.1) is 0 Å². The van der Waals surface area contributed by atoms with Gasteiger partial charge in [-0.25, -0.2) is 9.59 Å². The lowest BCUT2D eigenvalue weighted by Gasteiger charge is -2.09. The fraction of sp³-hybridized carbons (Fsp3) is 0.105. The molecule has 2 aromatic carbocycles. The van der Waals surface area contributed by atoms with Crippen molar-refractivity contribution in [1.29, 1.82) is 0 Å². The third-order valence-corrected chi connectivity index (χ3v) is 3.91. The minimum Gasteiger partial charge on any atom is -0.388 e. The largest absolute Gasteiger partial charge is 0.388 e. The molecule has 0 aliphatic heterocycles. The van der Waals surface area contributed by atoms with Crippen LogP contribution in [0.1, 0.15) is 16.7 Å². The Hall–Kier alpha value is -3.61. The lowest BCUT2D eigenvalue weighted by atomic mass is 10.0. The number of aryl methyl sites for hydroxylation is 1. The molecule has 0 saturated heterocycles. The molecule has 0 radical (unpaired) electrons. The molecule has 0 fully saturated rings.